The number of hydrogen-bond acceptors (Lipinski definition) is 2. The molecule has 0 saturated carbocycles. The summed E-state index contributed by atoms with van der Waals surface area (Å²) in [5, 5.41) is 10.9. The highest BCUT2D eigenvalue weighted by Crippen LogP contribution is 2.20. The van der Waals surface area contributed by atoms with Gasteiger partial charge in [-0.2, -0.15) is 5.26 Å². The van der Waals surface area contributed by atoms with Gasteiger partial charge < -0.3 is 0 Å². The highest BCUT2D eigenvalue weighted by molar-refractivity contribution is 5.89. The van der Waals surface area contributed by atoms with Crippen molar-refractivity contribution >= 4 is 10.8 Å². The Labute approximate surface area is 76.5 Å². The largest absolute Gasteiger partial charge is 0.264 e. The molecule has 0 atom stereocenters. The molecule has 0 fully saturated rings. The molecule has 1 aromatic heterocycles. The van der Waals surface area contributed by atoms with Crippen LogP contribution in [0, 0.1) is 18.3 Å². The van der Waals surface area contributed by atoms with Gasteiger partial charge in [-0.25, -0.2) is 0 Å². The average molecular weight is 168 g/mol. The Morgan fingerprint density at radius 3 is 2.85 bits per heavy atom. The zero-order valence-electron chi connectivity index (χ0n) is 7.28. The zero-order valence-corrected chi connectivity index (χ0v) is 7.28. The van der Waals surface area contributed by atoms with E-state index in [-0.39, 0.29) is 0 Å². The molecule has 0 aliphatic rings. The standard InChI is InChI=1S/C11H8N2/c1-8-2-3-9(6-12)11-7-13-5-4-10(8)11/h2-5,7H,1H3. The van der Waals surface area contributed by atoms with Gasteiger partial charge in [0.1, 0.15) is 0 Å². The lowest BCUT2D eigenvalue weighted by atomic mass is 10.0. The first-order chi connectivity index (χ1) is 6.33. The second kappa shape index (κ2) is 2.87. The lowest BCUT2D eigenvalue weighted by Crippen LogP contribution is -1.84. The van der Waals surface area contributed by atoms with Gasteiger partial charge in [0, 0.05) is 17.8 Å². The van der Waals surface area contributed by atoms with Crippen molar-refractivity contribution in [2.75, 3.05) is 0 Å². The van der Waals surface area contributed by atoms with Crippen LogP contribution in [-0.4, -0.2) is 4.98 Å². The maximum atomic E-state index is 8.85. The van der Waals surface area contributed by atoms with Crippen LogP contribution in [0.1, 0.15) is 11.1 Å². The van der Waals surface area contributed by atoms with Crippen LogP contribution in [0.3, 0.4) is 0 Å². The van der Waals surface area contributed by atoms with Gasteiger partial charge in [0.25, 0.3) is 0 Å². The molecule has 0 spiro atoms. The molecule has 0 bridgehead atoms. The molecule has 1 heterocycles. The van der Waals surface area contributed by atoms with Gasteiger partial charge >= 0.3 is 0 Å². The van der Waals surface area contributed by atoms with E-state index in [0.717, 1.165) is 10.8 Å². The lowest BCUT2D eigenvalue weighted by Gasteiger charge is -2.01. The van der Waals surface area contributed by atoms with E-state index in [1.165, 1.54) is 5.56 Å². The summed E-state index contributed by atoms with van der Waals surface area (Å²) in [5.74, 6) is 0. The number of fused-ring (bicyclic) bond motifs is 1. The third-order valence-corrected chi connectivity index (χ3v) is 2.16. The average Bonchev–Trinajstić information content (AvgIpc) is 2.19. The fourth-order valence-electron chi connectivity index (χ4n) is 1.44. The lowest BCUT2D eigenvalue weighted by molar-refractivity contribution is 1.35. The number of aromatic nitrogens is 1. The molecule has 0 amide bonds. The first-order valence-electron chi connectivity index (χ1n) is 4.06. The summed E-state index contributed by atoms with van der Waals surface area (Å²) < 4.78 is 0. The van der Waals surface area contributed by atoms with Crippen molar-refractivity contribution in [2.24, 2.45) is 0 Å². The van der Waals surface area contributed by atoms with E-state index in [1.54, 1.807) is 12.4 Å². The van der Waals surface area contributed by atoms with Crippen molar-refractivity contribution in [2.45, 2.75) is 6.92 Å². The van der Waals surface area contributed by atoms with Gasteiger partial charge in [-0.05, 0) is 30.0 Å². The maximum absolute atomic E-state index is 8.85. The van der Waals surface area contributed by atoms with Crippen molar-refractivity contribution in [1.29, 1.82) is 5.26 Å². The number of benzene rings is 1. The number of pyridine rings is 1. The number of nitriles is 1. The third-order valence-electron chi connectivity index (χ3n) is 2.16. The van der Waals surface area contributed by atoms with Gasteiger partial charge in [0.05, 0.1) is 11.6 Å². The predicted octanol–water partition coefficient (Wildman–Crippen LogP) is 2.41. The summed E-state index contributed by atoms with van der Waals surface area (Å²) in [6.07, 6.45) is 3.48. The molecule has 2 heteroatoms. The molecular weight excluding hydrogens is 160 g/mol. The van der Waals surface area contributed by atoms with Crippen LogP contribution < -0.4 is 0 Å². The van der Waals surface area contributed by atoms with Gasteiger partial charge in [-0.1, -0.05) is 6.07 Å². The van der Waals surface area contributed by atoms with E-state index < -0.39 is 0 Å². The van der Waals surface area contributed by atoms with Crippen LogP contribution in [0.25, 0.3) is 10.8 Å². The smallest absolute Gasteiger partial charge is 0.0998 e. The van der Waals surface area contributed by atoms with Crippen molar-refractivity contribution in [3.05, 3.63) is 41.7 Å². The summed E-state index contributed by atoms with van der Waals surface area (Å²) in [6.45, 7) is 2.03. The molecular formula is C11H8N2. The quantitative estimate of drug-likeness (QED) is 0.605. The Morgan fingerprint density at radius 1 is 1.23 bits per heavy atom. The Balaban J connectivity index is 2.95. The first kappa shape index (κ1) is 7.75. The minimum atomic E-state index is 0.689. The van der Waals surface area contributed by atoms with Crippen LogP contribution in [0.4, 0.5) is 0 Å². The highest BCUT2D eigenvalue weighted by Gasteiger charge is 2.01. The molecule has 0 unspecified atom stereocenters. The monoisotopic (exact) mass is 168 g/mol. The van der Waals surface area contributed by atoms with Crippen LogP contribution in [0.2, 0.25) is 0 Å². The molecule has 62 valence electrons. The highest BCUT2D eigenvalue weighted by atomic mass is 14.6. The molecule has 1 aromatic carbocycles. The second-order valence-corrected chi connectivity index (χ2v) is 2.96. The number of nitrogens with zero attached hydrogens (tertiary/aromatic N) is 2. The molecule has 0 radical (unpaired) electrons. The van der Waals surface area contributed by atoms with Crippen LogP contribution in [0.5, 0.6) is 0 Å². The van der Waals surface area contributed by atoms with Gasteiger partial charge in [-0.3, -0.25) is 4.98 Å². The topological polar surface area (TPSA) is 36.7 Å². The molecule has 2 nitrogen and oxygen atoms in total. The minimum Gasteiger partial charge on any atom is -0.264 e. The van der Waals surface area contributed by atoms with Gasteiger partial charge in [0.2, 0.25) is 0 Å². The van der Waals surface area contributed by atoms with Crippen molar-refractivity contribution in [3.8, 4) is 6.07 Å². The summed E-state index contributed by atoms with van der Waals surface area (Å²) in [4.78, 5) is 4.01. The van der Waals surface area contributed by atoms with Crippen LogP contribution in [-0.2, 0) is 0 Å². The fraction of sp³-hybridized carbons (Fsp3) is 0.0909. The second-order valence-electron chi connectivity index (χ2n) is 2.96. The Hall–Kier alpha value is -1.88. The predicted molar refractivity (Wildman–Crippen MR) is 51.2 cm³/mol. The van der Waals surface area contributed by atoms with E-state index in [1.807, 2.05) is 25.1 Å². The molecule has 2 aromatic rings. The molecule has 0 aliphatic carbocycles. The minimum absolute atomic E-state index is 0.689. The van der Waals surface area contributed by atoms with E-state index in [0.29, 0.717) is 5.56 Å². The Bertz CT molecular complexity index is 495. The normalized spacial score (nSPS) is 9.85. The van der Waals surface area contributed by atoms with Crippen molar-refractivity contribution < 1.29 is 0 Å². The first-order valence-corrected chi connectivity index (χ1v) is 4.06. The molecule has 0 saturated heterocycles. The Morgan fingerprint density at radius 2 is 2.08 bits per heavy atom. The van der Waals surface area contributed by atoms with E-state index in [9.17, 15) is 0 Å². The van der Waals surface area contributed by atoms with E-state index in [4.69, 9.17) is 5.26 Å². The number of hydrogen-bond donors (Lipinski definition) is 0. The van der Waals surface area contributed by atoms with E-state index >= 15 is 0 Å². The summed E-state index contributed by atoms with van der Waals surface area (Å²) in [5.41, 5.74) is 1.87. The summed E-state index contributed by atoms with van der Waals surface area (Å²) >= 11 is 0. The van der Waals surface area contributed by atoms with Gasteiger partial charge in [0.15, 0.2) is 0 Å². The molecule has 2 rings (SSSR count). The molecule has 0 N–H and O–H groups in total. The fourth-order valence-corrected chi connectivity index (χ4v) is 1.44. The van der Waals surface area contributed by atoms with E-state index in [2.05, 4.69) is 11.1 Å². The van der Waals surface area contributed by atoms with Crippen LogP contribution in [0.15, 0.2) is 30.6 Å². The number of aryl methyl sites for hydroxylation is 1. The maximum Gasteiger partial charge on any atom is 0.0998 e. The molecule has 13 heavy (non-hydrogen) atoms. The summed E-state index contributed by atoms with van der Waals surface area (Å²) in [7, 11) is 0. The zero-order chi connectivity index (χ0) is 9.26. The Kier molecular flexibility index (Phi) is 1.71. The van der Waals surface area contributed by atoms with Crippen molar-refractivity contribution in [1.82, 2.24) is 4.98 Å². The molecule has 0 aliphatic heterocycles. The van der Waals surface area contributed by atoms with Crippen molar-refractivity contribution in [3.63, 3.8) is 0 Å². The van der Waals surface area contributed by atoms with Gasteiger partial charge in [-0.15, -0.1) is 0 Å². The summed E-state index contributed by atoms with van der Waals surface area (Å²) in [6, 6.07) is 7.89. The SMILES string of the molecule is Cc1ccc(C#N)c2cnccc12. The number of rotatable bonds is 0. The third kappa shape index (κ3) is 1.15. The van der Waals surface area contributed by atoms with Crippen LogP contribution >= 0.6 is 0 Å².